The fraction of sp³-hybridized carbons (Fsp3) is 0. The fourth-order valence-corrected chi connectivity index (χ4v) is 3.17. The minimum absolute atomic E-state index is 0.0332. The van der Waals surface area contributed by atoms with Gasteiger partial charge in [-0.2, -0.15) is 0 Å². The van der Waals surface area contributed by atoms with Gasteiger partial charge in [-0.15, -0.1) is 11.3 Å². The summed E-state index contributed by atoms with van der Waals surface area (Å²) >= 11 is 4.65. The van der Waals surface area contributed by atoms with Gasteiger partial charge in [-0.3, -0.25) is 4.79 Å². The molecule has 0 radical (unpaired) electrons. The van der Waals surface area contributed by atoms with Crippen molar-refractivity contribution < 1.29 is 9.18 Å². The Morgan fingerprint density at radius 1 is 1.05 bits per heavy atom. The summed E-state index contributed by atoms with van der Waals surface area (Å²) in [5.74, 6) is -0.314. The normalized spacial score (nSPS) is 10.8. The number of carbonyl (C=O) groups is 1. The van der Waals surface area contributed by atoms with Crippen molar-refractivity contribution in [3.8, 4) is 0 Å². The van der Waals surface area contributed by atoms with Gasteiger partial charge in [-0.1, -0.05) is 22.0 Å². The van der Waals surface area contributed by atoms with Crippen LogP contribution in [-0.4, -0.2) is 5.78 Å². The van der Waals surface area contributed by atoms with E-state index in [1.165, 1.54) is 23.5 Å². The number of hydrogen-bond donors (Lipinski definition) is 0. The topological polar surface area (TPSA) is 17.1 Å². The first-order chi connectivity index (χ1) is 9.13. The maximum atomic E-state index is 13.1. The summed E-state index contributed by atoms with van der Waals surface area (Å²) < 4.78 is 14.9. The largest absolute Gasteiger partial charge is 0.288 e. The minimum atomic E-state index is -0.281. The van der Waals surface area contributed by atoms with E-state index in [0.717, 1.165) is 14.6 Å². The number of fused-ring (bicyclic) bond motifs is 1. The zero-order valence-corrected chi connectivity index (χ0v) is 12.1. The maximum Gasteiger partial charge on any atom is 0.202 e. The second kappa shape index (κ2) is 4.87. The molecule has 2 aromatic carbocycles. The van der Waals surface area contributed by atoms with Crippen molar-refractivity contribution in [2.24, 2.45) is 0 Å². The SMILES string of the molecule is O=C(c1ccc(Br)cc1)c1cc2ccc(F)cc2s1. The monoisotopic (exact) mass is 334 g/mol. The third kappa shape index (κ3) is 2.46. The fourth-order valence-electron chi connectivity index (χ4n) is 1.86. The summed E-state index contributed by atoms with van der Waals surface area (Å²) in [6.45, 7) is 0. The lowest BCUT2D eigenvalue weighted by atomic mass is 10.1. The number of benzene rings is 2. The van der Waals surface area contributed by atoms with Crippen LogP contribution in [0.1, 0.15) is 15.2 Å². The van der Waals surface area contributed by atoms with E-state index in [1.54, 1.807) is 18.2 Å². The van der Waals surface area contributed by atoms with E-state index < -0.39 is 0 Å². The lowest BCUT2D eigenvalue weighted by Gasteiger charge is -1.97. The Kier molecular flexibility index (Phi) is 3.21. The molecular weight excluding hydrogens is 327 g/mol. The molecule has 0 saturated carbocycles. The Balaban J connectivity index is 2.04. The van der Waals surface area contributed by atoms with Crippen molar-refractivity contribution in [1.82, 2.24) is 0 Å². The lowest BCUT2D eigenvalue weighted by molar-refractivity contribution is 0.104. The molecule has 19 heavy (non-hydrogen) atoms. The van der Waals surface area contributed by atoms with Gasteiger partial charge >= 0.3 is 0 Å². The predicted octanol–water partition coefficient (Wildman–Crippen LogP) is 5.03. The Labute approximate surface area is 121 Å². The van der Waals surface area contributed by atoms with Gasteiger partial charge in [0.2, 0.25) is 5.78 Å². The molecule has 3 rings (SSSR count). The molecule has 0 fully saturated rings. The van der Waals surface area contributed by atoms with Crippen LogP contribution in [0.2, 0.25) is 0 Å². The molecule has 0 aliphatic rings. The van der Waals surface area contributed by atoms with Crippen molar-refractivity contribution in [2.75, 3.05) is 0 Å². The summed E-state index contributed by atoms with van der Waals surface area (Å²) in [6, 6.07) is 13.6. The minimum Gasteiger partial charge on any atom is -0.288 e. The van der Waals surface area contributed by atoms with Crippen LogP contribution in [-0.2, 0) is 0 Å². The molecular formula is C15H8BrFOS. The quantitative estimate of drug-likeness (QED) is 0.600. The first-order valence-corrected chi connectivity index (χ1v) is 7.24. The van der Waals surface area contributed by atoms with Gasteiger partial charge in [0, 0.05) is 14.7 Å². The second-order valence-corrected chi connectivity index (χ2v) is 6.13. The number of halogens is 2. The highest BCUT2D eigenvalue weighted by atomic mass is 79.9. The summed E-state index contributed by atoms with van der Waals surface area (Å²) in [5, 5.41) is 0.895. The van der Waals surface area contributed by atoms with Crippen LogP contribution >= 0.6 is 27.3 Å². The van der Waals surface area contributed by atoms with Gasteiger partial charge in [-0.25, -0.2) is 4.39 Å². The van der Waals surface area contributed by atoms with E-state index in [9.17, 15) is 9.18 Å². The molecule has 1 nitrogen and oxygen atoms in total. The first-order valence-electron chi connectivity index (χ1n) is 5.63. The summed E-state index contributed by atoms with van der Waals surface area (Å²) in [4.78, 5) is 12.9. The standard InChI is InChI=1S/C15H8BrFOS/c16-11-4-1-9(2-5-11)15(18)14-7-10-3-6-12(17)8-13(10)19-14/h1-8H. The number of carbonyl (C=O) groups excluding carboxylic acids is 1. The molecule has 0 bridgehead atoms. The second-order valence-electron chi connectivity index (χ2n) is 4.13. The highest BCUT2D eigenvalue weighted by molar-refractivity contribution is 9.10. The van der Waals surface area contributed by atoms with Crippen LogP contribution in [0.15, 0.2) is 53.0 Å². The molecule has 0 atom stereocenters. The molecule has 0 spiro atoms. The molecule has 3 aromatic rings. The molecule has 1 heterocycles. The van der Waals surface area contributed by atoms with E-state index in [-0.39, 0.29) is 11.6 Å². The molecule has 94 valence electrons. The number of ketones is 1. The van der Waals surface area contributed by atoms with E-state index >= 15 is 0 Å². The van der Waals surface area contributed by atoms with Gasteiger partial charge < -0.3 is 0 Å². The molecule has 0 aliphatic heterocycles. The predicted molar refractivity (Wildman–Crippen MR) is 79.4 cm³/mol. The van der Waals surface area contributed by atoms with Crippen LogP contribution < -0.4 is 0 Å². The smallest absolute Gasteiger partial charge is 0.202 e. The average Bonchev–Trinajstić information content (AvgIpc) is 2.81. The Morgan fingerprint density at radius 3 is 2.53 bits per heavy atom. The zero-order chi connectivity index (χ0) is 13.4. The summed E-state index contributed by atoms with van der Waals surface area (Å²) in [6.07, 6.45) is 0. The van der Waals surface area contributed by atoms with E-state index in [2.05, 4.69) is 15.9 Å². The van der Waals surface area contributed by atoms with Crippen LogP contribution in [0, 0.1) is 5.82 Å². The van der Waals surface area contributed by atoms with Gasteiger partial charge in [0.15, 0.2) is 0 Å². The van der Waals surface area contributed by atoms with Crippen molar-refractivity contribution in [3.05, 3.63) is 69.3 Å². The molecule has 0 amide bonds. The summed E-state index contributed by atoms with van der Waals surface area (Å²) in [5.41, 5.74) is 0.634. The highest BCUT2D eigenvalue weighted by Crippen LogP contribution is 2.28. The number of thiophene rings is 1. The molecule has 0 aliphatic carbocycles. The van der Waals surface area contributed by atoms with E-state index in [0.29, 0.717) is 10.4 Å². The molecule has 0 unspecified atom stereocenters. The van der Waals surface area contributed by atoms with Crippen molar-refractivity contribution in [3.63, 3.8) is 0 Å². The maximum absolute atomic E-state index is 13.1. The highest BCUT2D eigenvalue weighted by Gasteiger charge is 2.12. The zero-order valence-electron chi connectivity index (χ0n) is 9.69. The molecule has 0 N–H and O–H groups in total. The Morgan fingerprint density at radius 2 is 1.79 bits per heavy atom. The van der Waals surface area contributed by atoms with Gasteiger partial charge in [-0.05, 0) is 47.9 Å². The van der Waals surface area contributed by atoms with E-state index in [1.807, 2.05) is 18.2 Å². The Hall–Kier alpha value is -1.52. The average molecular weight is 335 g/mol. The summed E-state index contributed by atoms with van der Waals surface area (Å²) in [7, 11) is 0. The lowest BCUT2D eigenvalue weighted by Crippen LogP contribution is -1.97. The molecule has 4 heteroatoms. The third-order valence-electron chi connectivity index (χ3n) is 2.81. The van der Waals surface area contributed by atoms with Crippen LogP contribution in [0.25, 0.3) is 10.1 Å². The van der Waals surface area contributed by atoms with Crippen molar-refractivity contribution in [2.45, 2.75) is 0 Å². The van der Waals surface area contributed by atoms with Crippen molar-refractivity contribution in [1.29, 1.82) is 0 Å². The molecule has 1 aromatic heterocycles. The van der Waals surface area contributed by atoms with Crippen LogP contribution in [0.5, 0.6) is 0 Å². The van der Waals surface area contributed by atoms with Crippen LogP contribution in [0.4, 0.5) is 4.39 Å². The molecule has 0 saturated heterocycles. The first kappa shape index (κ1) is 12.5. The van der Waals surface area contributed by atoms with Crippen LogP contribution in [0.3, 0.4) is 0 Å². The van der Waals surface area contributed by atoms with Gasteiger partial charge in [0.05, 0.1) is 4.88 Å². The number of rotatable bonds is 2. The number of hydrogen-bond acceptors (Lipinski definition) is 2. The van der Waals surface area contributed by atoms with E-state index in [4.69, 9.17) is 0 Å². The van der Waals surface area contributed by atoms with Gasteiger partial charge in [0.1, 0.15) is 5.82 Å². The Bertz CT molecular complexity index is 761. The van der Waals surface area contributed by atoms with Crippen molar-refractivity contribution >= 4 is 43.1 Å². The third-order valence-corrected chi connectivity index (χ3v) is 4.44. The van der Waals surface area contributed by atoms with Gasteiger partial charge in [0.25, 0.3) is 0 Å².